The maximum absolute atomic E-state index is 8.87. The van der Waals surface area contributed by atoms with Crippen molar-refractivity contribution in [1.82, 2.24) is 0 Å². The summed E-state index contributed by atoms with van der Waals surface area (Å²) in [6.45, 7) is 1.98. The van der Waals surface area contributed by atoms with Gasteiger partial charge >= 0.3 is 0 Å². The number of nitriles is 1. The number of nitrogens with two attached hydrogens (primary N) is 1. The van der Waals surface area contributed by atoms with Gasteiger partial charge in [0.1, 0.15) is 0 Å². The first kappa shape index (κ1) is 15.4. The van der Waals surface area contributed by atoms with Gasteiger partial charge in [-0.05, 0) is 48.9 Å². The largest absolute Gasteiger partial charge is 0.366 e. The molecule has 0 radical (unpaired) electrons. The normalized spacial score (nSPS) is 13.3. The Kier molecular flexibility index (Phi) is 4.85. The van der Waals surface area contributed by atoms with Crippen LogP contribution in [0.2, 0.25) is 5.02 Å². The summed E-state index contributed by atoms with van der Waals surface area (Å²) in [7, 11) is 2.00. The third-order valence-corrected chi connectivity index (χ3v) is 3.74. The van der Waals surface area contributed by atoms with Gasteiger partial charge < -0.3 is 10.6 Å². The average molecular weight is 300 g/mol. The molecule has 0 amide bonds. The van der Waals surface area contributed by atoms with E-state index in [-0.39, 0.29) is 12.1 Å². The summed E-state index contributed by atoms with van der Waals surface area (Å²) in [5.74, 6) is 0. The van der Waals surface area contributed by atoms with Gasteiger partial charge in [-0.2, -0.15) is 5.26 Å². The molecule has 2 aromatic carbocycles. The Bertz CT molecular complexity index is 644. The van der Waals surface area contributed by atoms with Crippen molar-refractivity contribution in [2.24, 2.45) is 5.73 Å². The molecule has 0 heterocycles. The van der Waals surface area contributed by atoms with Crippen molar-refractivity contribution in [3.05, 3.63) is 64.7 Å². The number of likely N-dealkylation sites (N-methyl/N-ethyl adjacent to an activating group) is 1. The lowest BCUT2D eigenvalue weighted by Gasteiger charge is -2.33. The summed E-state index contributed by atoms with van der Waals surface area (Å²) in [4.78, 5) is 2.11. The van der Waals surface area contributed by atoms with Gasteiger partial charge in [0.15, 0.2) is 0 Å². The van der Waals surface area contributed by atoms with E-state index < -0.39 is 0 Å². The van der Waals surface area contributed by atoms with Gasteiger partial charge in [-0.3, -0.25) is 0 Å². The van der Waals surface area contributed by atoms with Crippen LogP contribution in [-0.2, 0) is 0 Å². The van der Waals surface area contributed by atoms with Gasteiger partial charge in [-0.15, -0.1) is 0 Å². The molecular weight excluding hydrogens is 282 g/mol. The molecule has 2 rings (SSSR count). The lowest BCUT2D eigenvalue weighted by Crippen LogP contribution is -2.37. The fourth-order valence-electron chi connectivity index (χ4n) is 2.50. The Labute approximate surface area is 130 Å². The van der Waals surface area contributed by atoms with Gasteiger partial charge in [0.25, 0.3) is 0 Å². The Balaban J connectivity index is 2.35. The van der Waals surface area contributed by atoms with Gasteiger partial charge in [-0.25, -0.2) is 0 Å². The Hall–Kier alpha value is -2.02. The zero-order valence-corrected chi connectivity index (χ0v) is 12.9. The SMILES string of the molecule is CC(N)C(c1cccc(Cl)c1)N(C)c1ccc(C#N)cc1. The fourth-order valence-corrected chi connectivity index (χ4v) is 2.70. The topological polar surface area (TPSA) is 53.0 Å². The Morgan fingerprint density at radius 3 is 2.38 bits per heavy atom. The van der Waals surface area contributed by atoms with Gasteiger partial charge in [0.05, 0.1) is 17.7 Å². The molecule has 4 heteroatoms. The quantitative estimate of drug-likeness (QED) is 0.935. The van der Waals surface area contributed by atoms with Crippen LogP contribution in [0.1, 0.15) is 24.1 Å². The van der Waals surface area contributed by atoms with E-state index in [0.717, 1.165) is 11.3 Å². The van der Waals surface area contributed by atoms with Crippen molar-refractivity contribution in [2.45, 2.75) is 19.0 Å². The molecule has 0 aliphatic carbocycles. The predicted molar refractivity (Wildman–Crippen MR) is 87.4 cm³/mol. The number of benzene rings is 2. The monoisotopic (exact) mass is 299 g/mol. The minimum atomic E-state index is -0.0656. The third-order valence-electron chi connectivity index (χ3n) is 3.51. The van der Waals surface area contributed by atoms with E-state index >= 15 is 0 Å². The number of halogens is 1. The minimum absolute atomic E-state index is 0.0108. The first-order valence-corrected chi connectivity index (χ1v) is 7.14. The number of nitrogens with zero attached hydrogens (tertiary/aromatic N) is 2. The molecule has 21 heavy (non-hydrogen) atoms. The van der Waals surface area contributed by atoms with Gasteiger partial charge in [0.2, 0.25) is 0 Å². The molecule has 0 spiro atoms. The van der Waals surface area contributed by atoms with Crippen LogP contribution in [0.3, 0.4) is 0 Å². The van der Waals surface area contributed by atoms with Crippen LogP contribution in [0.5, 0.6) is 0 Å². The first-order valence-electron chi connectivity index (χ1n) is 6.77. The second-order valence-electron chi connectivity index (χ2n) is 5.13. The molecule has 0 aliphatic heterocycles. The number of hydrogen-bond acceptors (Lipinski definition) is 3. The molecule has 108 valence electrons. The number of anilines is 1. The van der Waals surface area contributed by atoms with Crippen LogP contribution >= 0.6 is 11.6 Å². The third kappa shape index (κ3) is 3.55. The summed E-state index contributed by atoms with van der Waals surface area (Å²) in [5.41, 5.74) is 8.91. The highest BCUT2D eigenvalue weighted by atomic mass is 35.5. The summed E-state index contributed by atoms with van der Waals surface area (Å²) in [6, 6.07) is 17.3. The van der Waals surface area contributed by atoms with E-state index in [4.69, 9.17) is 22.6 Å². The van der Waals surface area contributed by atoms with E-state index in [0.29, 0.717) is 10.6 Å². The lowest BCUT2D eigenvalue weighted by atomic mass is 9.99. The highest BCUT2D eigenvalue weighted by Crippen LogP contribution is 2.29. The van der Waals surface area contributed by atoms with E-state index in [1.807, 2.05) is 62.5 Å². The zero-order chi connectivity index (χ0) is 15.4. The summed E-state index contributed by atoms with van der Waals surface area (Å²) in [6.07, 6.45) is 0. The maximum atomic E-state index is 8.87. The zero-order valence-electron chi connectivity index (χ0n) is 12.1. The van der Waals surface area contributed by atoms with Gasteiger partial charge in [0, 0.05) is 23.8 Å². The molecule has 0 bridgehead atoms. The molecule has 0 aliphatic rings. The molecule has 3 nitrogen and oxygen atoms in total. The summed E-state index contributed by atoms with van der Waals surface area (Å²) < 4.78 is 0. The molecule has 0 saturated carbocycles. The van der Waals surface area contributed by atoms with Crippen LogP contribution in [0, 0.1) is 11.3 Å². The van der Waals surface area contributed by atoms with Crippen LogP contribution in [-0.4, -0.2) is 13.1 Å². The molecule has 0 aromatic heterocycles. The first-order chi connectivity index (χ1) is 10.0. The summed E-state index contributed by atoms with van der Waals surface area (Å²) in [5, 5.41) is 9.58. The molecule has 0 saturated heterocycles. The van der Waals surface area contributed by atoms with Crippen LogP contribution in [0.25, 0.3) is 0 Å². The van der Waals surface area contributed by atoms with Crippen molar-refractivity contribution in [3.63, 3.8) is 0 Å². The van der Waals surface area contributed by atoms with E-state index in [1.54, 1.807) is 0 Å². The van der Waals surface area contributed by atoms with E-state index in [9.17, 15) is 0 Å². The Morgan fingerprint density at radius 2 is 1.86 bits per heavy atom. The second-order valence-corrected chi connectivity index (χ2v) is 5.56. The summed E-state index contributed by atoms with van der Waals surface area (Å²) >= 11 is 6.09. The van der Waals surface area contributed by atoms with Crippen molar-refractivity contribution in [3.8, 4) is 6.07 Å². The molecule has 2 N–H and O–H groups in total. The minimum Gasteiger partial charge on any atom is -0.366 e. The smallest absolute Gasteiger partial charge is 0.0991 e. The van der Waals surface area contributed by atoms with E-state index in [1.165, 1.54) is 0 Å². The van der Waals surface area contributed by atoms with E-state index in [2.05, 4.69) is 11.0 Å². The maximum Gasteiger partial charge on any atom is 0.0991 e. The average Bonchev–Trinajstić information content (AvgIpc) is 2.47. The van der Waals surface area contributed by atoms with Crippen LogP contribution in [0.15, 0.2) is 48.5 Å². The van der Waals surface area contributed by atoms with Crippen molar-refractivity contribution < 1.29 is 0 Å². The fraction of sp³-hybridized carbons (Fsp3) is 0.235. The highest BCUT2D eigenvalue weighted by Gasteiger charge is 2.21. The van der Waals surface area contributed by atoms with Crippen molar-refractivity contribution in [1.29, 1.82) is 5.26 Å². The lowest BCUT2D eigenvalue weighted by molar-refractivity contribution is 0.558. The highest BCUT2D eigenvalue weighted by molar-refractivity contribution is 6.30. The standard InChI is InChI=1S/C17H18ClN3/c1-12(20)17(14-4-3-5-15(18)10-14)21(2)16-8-6-13(11-19)7-9-16/h3-10,12,17H,20H2,1-2H3. The molecule has 2 atom stereocenters. The molecule has 0 fully saturated rings. The van der Waals surface area contributed by atoms with Crippen LogP contribution in [0.4, 0.5) is 5.69 Å². The molecule has 2 unspecified atom stereocenters. The van der Waals surface area contributed by atoms with Crippen molar-refractivity contribution in [2.75, 3.05) is 11.9 Å². The van der Waals surface area contributed by atoms with Gasteiger partial charge in [-0.1, -0.05) is 23.7 Å². The number of rotatable bonds is 4. The molecular formula is C17H18ClN3. The predicted octanol–water partition coefficient (Wildman–Crippen LogP) is 3.74. The van der Waals surface area contributed by atoms with Crippen molar-refractivity contribution >= 4 is 17.3 Å². The van der Waals surface area contributed by atoms with Crippen LogP contribution < -0.4 is 10.6 Å². The molecule has 2 aromatic rings. The second kappa shape index (κ2) is 6.62. The number of hydrogen-bond donors (Lipinski definition) is 1. The Morgan fingerprint density at radius 1 is 1.19 bits per heavy atom.